The van der Waals surface area contributed by atoms with E-state index in [4.69, 9.17) is 29.0 Å². The number of amides is 1. The van der Waals surface area contributed by atoms with Gasteiger partial charge in [0.15, 0.2) is 5.82 Å². The lowest BCUT2D eigenvalue weighted by Crippen LogP contribution is -2.17. The first-order chi connectivity index (χ1) is 14.1. The van der Waals surface area contributed by atoms with Gasteiger partial charge in [-0.3, -0.25) is 4.79 Å². The molecule has 0 bridgehead atoms. The van der Waals surface area contributed by atoms with Crippen molar-refractivity contribution in [2.24, 2.45) is 0 Å². The van der Waals surface area contributed by atoms with Crippen molar-refractivity contribution in [1.29, 1.82) is 0 Å². The molecule has 0 aliphatic heterocycles. The van der Waals surface area contributed by atoms with Crippen LogP contribution in [0.15, 0.2) is 47.6 Å². The number of nitrogens with two attached hydrogens (primary N) is 1. The van der Waals surface area contributed by atoms with E-state index >= 15 is 0 Å². The van der Waals surface area contributed by atoms with Crippen LogP contribution in [0.2, 0.25) is 10.0 Å². The summed E-state index contributed by atoms with van der Waals surface area (Å²) in [6.45, 7) is 0. The molecule has 0 spiro atoms. The van der Waals surface area contributed by atoms with Crippen LogP contribution in [0.3, 0.4) is 0 Å². The third-order valence-corrected chi connectivity index (χ3v) is 5.03. The molecule has 30 heavy (non-hydrogen) atoms. The predicted molar refractivity (Wildman–Crippen MR) is 108 cm³/mol. The van der Waals surface area contributed by atoms with Gasteiger partial charge in [0.2, 0.25) is 11.1 Å². The lowest BCUT2D eigenvalue weighted by Gasteiger charge is -2.10. The highest BCUT2D eigenvalue weighted by Crippen LogP contribution is 2.30. The highest BCUT2D eigenvalue weighted by atomic mass is 35.5. The van der Waals surface area contributed by atoms with Gasteiger partial charge in [0.1, 0.15) is 5.75 Å². The summed E-state index contributed by atoms with van der Waals surface area (Å²) < 4.78 is 41.5. The van der Waals surface area contributed by atoms with Crippen molar-refractivity contribution in [3.8, 4) is 17.1 Å². The monoisotopic (exact) mass is 477 g/mol. The van der Waals surface area contributed by atoms with Gasteiger partial charge in [0, 0.05) is 16.3 Å². The van der Waals surface area contributed by atoms with Gasteiger partial charge in [0.05, 0.1) is 10.8 Å². The number of carbonyl (C=O) groups excluding carboxylic acids is 1. The van der Waals surface area contributed by atoms with Crippen molar-refractivity contribution in [2.75, 3.05) is 16.9 Å². The molecule has 3 aromatic rings. The number of thioether (sulfide) groups is 1. The Morgan fingerprint density at radius 1 is 1.17 bits per heavy atom. The first-order valence-electron chi connectivity index (χ1n) is 8.07. The number of hydrogen-bond acceptors (Lipinski definition) is 6. The van der Waals surface area contributed by atoms with Gasteiger partial charge in [-0.1, -0.05) is 35.0 Å². The Labute approximate surface area is 182 Å². The average molecular weight is 478 g/mol. The normalized spacial score (nSPS) is 11.4. The molecular weight excluding hydrogens is 466 g/mol. The maximum Gasteiger partial charge on any atom is 0.573 e. The molecule has 3 rings (SSSR count). The fraction of sp³-hybridized carbons (Fsp3) is 0.118. The third-order valence-electron chi connectivity index (χ3n) is 3.54. The summed E-state index contributed by atoms with van der Waals surface area (Å²) >= 11 is 13.0. The minimum absolute atomic E-state index is 0.0650. The van der Waals surface area contributed by atoms with E-state index in [1.54, 1.807) is 18.2 Å². The van der Waals surface area contributed by atoms with Crippen LogP contribution in [0.1, 0.15) is 0 Å². The largest absolute Gasteiger partial charge is 0.573 e. The van der Waals surface area contributed by atoms with Gasteiger partial charge in [-0.05, 0) is 42.5 Å². The van der Waals surface area contributed by atoms with Crippen molar-refractivity contribution < 1.29 is 22.7 Å². The van der Waals surface area contributed by atoms with Crippen LogP contribution >= 0.6 is 35.0 Å². The predicted octanol–water partition coefficient (Wildman–Crippen LogP) is 4.60. The molecule has 3 N–H and O–H groups in total. The molecule has 1 heterocycles. The number of anilines is 1. The van der Waals surface area contributed by atoms with Crippen molar-refractivity contribution >= 4 is 46.6 Å². The van der Waals surface area contributed by atoms with E-state index in [2.05, 4.69) is 20.3 Å². The number of rotatable bonds is 6. The third kappa shape index (κ3) is 5.71. The van der Waals surface area contributed by atoms with Crippen LogP contribution in [-0.4, -0.2) is 32.9 Å². The second-order valence-corrected chi connectivity index (χ2v) is 7.50. The van der Waals surface area contributed by atoms with Crippen molar-refractivity contribution in [2.45, 2.75) is 11.5 Å². The van der Waals surface area contributed by atoms with E-state index in [-0.39, 0.29) is 16.7 Å². The van der Waals surface area contributed by atoms with Crippen molar-refractivity contribution in [3.63, 3.8) is 0 Å². The number of carbonyl (C=O) groups is 1. The number of ether oxygens (including phenoxy) is 1. The van der Waals surface area contributed by atoms with E-state index in [0.29, 0.717) is 27.1 Å². The first-order valence-corrected chi connectivity index (χ1v) is 9.81. The fourth-order valence-corrected chi connectivity index (χ4v) is 3.45. The van der Waals surface area contributed by atoms with Crippen LogP contribution < -0.4 is 15.9 Å². The second kappa shape index (κ2) is 9.02. The first kappa shape index (κ1) is 22.1. The molecule has 0 saturated carbocycles. The average Bonchev–Trinajstić information content (AvgIpc) is 3.01. The number of alkyl halides is 3. The smallest absolute Gasteiger partial charge is 0.406 e. The molecular formula is C17H12Cl2F3N5O2S. The van der Waals surface area contributed by atoms with Gasteiger partial charge in [0.25, 0.3) is 0 Å². The lowest BCUT2D eigenvalue weighted by atomic mass is 10.2. The summed E-state index contributed by atoms with van der Waals surface area (Å²) in [7, 11) is 0. The quantitative estimate of drug-likeness (QED) is 0.398. The van der Waals surface area contributed by atoms with Crippen molar-refractivity contribution in [3.05, 3.63) is 52.5 Å². The van der Waals surface area contributed by atoms with Gasteiger partial charge in [-0.15, -0.1) is 23.4 Å². The zero-order valence-electron chi connectivity index (χ0n) is 14.8. The zero-order chi connectivity index (χ0) is 21.9. The number of nitrogen functional groups attached to an aromatic ring is 1. The molecule has 2 aromatic carbocycles. The second-order valence-electron chi connectivity index (χ2n) is 5.71. The molecule has 1 aromatic heterocycles. The minimum atomic E-state index is -4.78. The number of benzene rings is 2. The van der Waals surface area contributed by atoms with Gasteiger partial charge in [-0.2, -0.15) is 0 Å². The number of nitrogens with zero attached hydrogens (tertiary/aromatic N) is 3. The Hall–Kier alpha value is -2.63. The SMILES string of the molecule is Nn1c(SCC(=O)Nc2ccc(OC(F)(F)F)cc2)nnc1-c1ccc(Cl)cc1Cl. The highest BCUT2D eigenvalue weighted by molar-refractivity contribution is 7.99. The molecule has 0 saturated heterocycles. The Kier molecular flexibility index (Phi) is 6.64. The number of aromatic nitrogens is 3. The molecule has 13 heteroatoms. The van der Waals surface area contributed by atoms with Crippen LogP contribution in [0, 0.1) is 0 Å². The van der Waals surface area contributed by atoms with Crippen molar-refractivity contribution in [1.82, 2.24) is 14.9 Å². The molecule has 0 atom stereocenters. The topological polar surface area (TPSA) is 95.1 Å². The Balaban J connectivity index is 1.59. The minimum Gasteiger partial charge on any atom is -0.406 e. The number of nitrogens with one attached hydrogen (secondary N) is 1. The van der Waals surface area contributed by atoms with E-state index in [1.165, 1.54) is 16.8 Å². The van der Waals surface area contributed by atoms with Crippen LogP contribution in [0.25, 0.3) is 11.4 Å². The Morgan fingerprint density at radius 2 is 1.87 bits per heavy atom. The Morgan fingerprint density at radius 3 is 2.50 bits per heavy atom. The summed E-state index contributed by atoms with van der Waals surface area (Å²) in [6.07, 6.45) is -4.78. The Bertz CT molecular complexity index is 1060. The standard InChI is InChI=1S/C17H12Cl2F3N5O2S/c18-9-1-6-12(13(19)7-9)15-25-26-16(27(15)23)30-8-14(28)24-10-2-4-11(5-3-10)29-17(20,21)22/h1-7H,8,23H2,(H,24,28). The molecule has 0 fully saturated rings. The molecule has 7 nitrogen and oxygen atoms in total. The summed E-state index contributed by atoms with van der Waals surface area (Å²) in [5.74, 6) is 5.41. The van der Waals surface area contributed by atoms with Gasteiger partial charge < -0.3 is 15.9 Å². The van der Waals surface area contributed by atoms with E-state index in [1.807, 2.05) is 0 Å². The molecule has 0 radical (unpaired) electrons. The lowest BCUT2D eigenvalue weighted by molar-refractivity contribution is -0.274. The molecule has 158 valence electrons. The molecule has 0 aliphatic carbocycles. The van der Waals surface area contributed by atoms with E-state index < -0.39 is 12.3 Å². The summed E-state index contributed by atoms with van der Waals surface area (Å²) in [5.41, 5.74) is 0.825. The maximum absolute atomic E-state index is 12.2. The number of halogens is 5. The van der Waals surface area contributed by atoms with E-state index in [0.717, 1.165) is 23.9 Å². The van der Waals surface area contributed by atoms with Crippen LogP contribution in [0.5, 0.6) is 5.75 Å². The van der Waals surface area contributed by atoms with E-state index in [9.17, 15) is 18.0 Å². The van der Waals surface area contributed by atoms with Gasteiger partial charge >= 0.3 is 6.36 Å². The molecule has 1 amide bonds. The zero-order valence-corrected chi connectivity index (χ0v) is 17.1. The maximum atomic E-state index is 12.2. The summed E-state index contributed by atoms with van der Waals surface area (Å²) in [5, 5.41) is 11.5. The van der Waals surface area contributed by atoms with Crippen LogP contribution in [0.4, 0.5) is 18.9 Å². The highest BCUT2D eigenvalue weighted by Gasteiger charge is 2.31. The molecule has 0 unspecified atom stereocenters. The summed E-state index contributed by atoms with van der Waals surface area (Å²) in [4.78, 5) is 12.1. The van der Waals surface area contributed by atoms with Gasteiger partial charge in [-0.25, -0.2) is 4.68 Å². The summed E-state index contributed by atoms with van der Waals surface area (Å²) in [6, 6.07) is 9.57. The van der Waals surface area contributed by atoms with Crippen LogP contribution in [-0.2, 0) is 4.79 Å². The number of hydrogen-bond donors (Lipinski definition) is 2. The fourth-order valence-electron chi connectivity index (χ4n) is 2.30. The molecule has 0 aliphatic rings.